The summed E-state index contributed by atoms with van der Waals surface area (Å²) in [7, 11) is 0. The average molecular weight is 272 g/mol. The number of aliphatic hydroxyl groups excluding tert-OH is 1. The van der Waals surface area contributed by atoms with Crippen molar-refractivity contribution in [2.45, 2.75) is 23.5 Å². The summed E-state index contributed by atoms with van der Waals surface area (Å²) in [5.41, 5.74) is 0.287. The van der Waals surface area contributed by atoms with Gasteiger partial charge in [-0.25, -0.2) is 0 Å². The summed E-state index contributed by atoms with van der Waals surface area (Å²) in [5, 5.41) is 8.70. The van der Waals surface area contributed by atoms with E-state index in [0.29, 0.717) is 5.92 Å². The Kier molecular flexibility index (Phi) is 2.21. The Bertz CT molecular complexity index is 129. The maximum absolute atomic E-state index is 8.70. The Morgan fingerprint density at radius 1 is 1.40 bits per heavy atom. The van der Waals surface area contributed by atoms with Crippen molar-refractivity contribution in [3.05, 3.63) is 0 Å². The van der Waals surface area contributed by atoms with Crippen molar-refractivity contribution in [1.82, 2.24) is 0 Å². The first-order valence-corrected chi connectivity index (χ1v) is 5.02. The van der Waals surface area contributed by atoms with Gasteiger partial charge in [0.2, 0.25) is 0 Å². The summed E-state index contributed by atoms with van der Waals surface area (Å²) in [5.74, 6) is 0.560. The molecule has 0 saturated heterocycles. The molecule has 3 heteroatoms. The first-order chi connectivity index (χ1) is 4.44. The molecule has 0 aromatic rings. The van der Waals surface area contributed by atoms with Gasteiger partial charge in [-0.2, -0.15) is 0 Å². The minimum Gasteiger partial charge on any atom is -0.396 e. The van der Waals surface area contributed by atoms with Crippen LogP contribution in [0.5, 0.6) is 0 Å². The molecule has 0 aliphatic heterocycles. The SMILES string of the molecule is CC1(C)C(CCO)C1(Br)Br. The van der Waals surface area contributed by atoms with Crippen LogP contribution in [-0.4, -0.2) is 14.9 Å². The lowest BCUT2D eigenvalue weighted by atomic mass is 10.1. The standard InChI is InChI=1S/C7H12Br2O/c1-6(2)5(3-4-10)7(6,8)9/h5,10H,3-4H2,1-2H3. The molecule has 1 aliphatic rings. The highest BCUT2D eigenvalue weighted by Gasteiger charge is 2.67. The Hall–Kier alpha value is 0.920. The molecule has 0 bridgehead atoms. The number of halogens is 2. The van der Waals surface area contributed by atoms with E-state index in [-0.39, 0.29) is 15.3 Å². The van der Waals surface area contributed by atoms with Crippen LogP contribution in [0.4, 0.5) is 0 Å². The van der Waals surface area contributed by atoms with E-state index in [0.717, 1.165) is 6.42 Å². The molecule has 1 rings (SSSR count). The van der Waals surface area contributed by atoms with Crippen molar-refractivity contribution in [2.24, 2.45) is 11.3 Å². The molecule has 1 aliphatic carbocycles. The van der Waals surface area contributed by atoms with E-state index in [1.807, 2.05) is 0 Å². The lowest BCUT2D eigenvalue weighted by Gasteiger charge is -2.00. The van der Waals surface area contributed by atoms with Crippen molar-refractivity contribution in [2.75, 3.05) is 6.61 Å². The van der Waals surface area contributed by atoms with Crippen LogP contribution in [0, 0.1) is 11.3 Å². The van der Waals surface area contributed by atoms with Crippen LogP contribution in [0.3, 0.4) is 0 Å². The Balaban J connectivity index is 2.54. The quantitative estimate of drug-likeness (QED) is 0.766. The smallest absolute Gasteiger partial charge is 0.0894 e. The zero-order valence-electron chi connectivity index (χ0n) is 6.19. The fraction of sp³-hybridized carbons (Fsp3) is 1.00. The lowest BCUT2D eigenvalue weighted by Crippen LogP contribution is -1.94. The molecule has 0 radical (unpaired) electrons. The fourth-order valence-corrected chi connectivity index (χ4v) is 3.35. The lowest BCUT2D eigenvalue weighted by molar-refractivity contribution is 0.271. The Morgan fingerprint density at radius 3 is 1.90 bits per heavy atom. The van der Waals surface area contributed by atoms with Gasteiger partial charge in [-0.1, -0.05) is 45.7 Å². The van der Waals surface area contributed by atoms with Crippen LogP contribution in [0.25, 0.3) is 0 Å². The molecule has 1 fully saturated rings. The molecule has 1 N–H and O–H groups in total. The third-order valence-corrected chi connectivity index (χ3v) is 5.65. The molecule has 60 valence electrons. The molecule has 0 amide bonds. The highest BCUT2D eigenvalue weighted by Crippen LogP contribution is 2.72. The highest BCUT2D eigenvalue weighted by molar-refractivity contribution is 9.25. The van der Waals surface area contributed by atoms with Crippen molar-refractivity contribution in [3.8, 4) is 0 Å². The number of hydrogen-bond donors (Lipinski definition) is 1. The van der Waals surface area contributed by atoms with Gasteiger partial charge in [0.15, 0.2) is 0 Å². The van der Waals surface area contributed by atoms with E-state index in [1.54, 1.807) is 0 Å². The van der Waals surface area contributed by atoms with Gasteiger partial charge in [-0.05, 0) is 17.8 Å². The first-order valence-electron chi connectivity index (χ1n) is 3.43. The van der Waals surface area contributed by atoms with E-state index in [1.165, 1.54) is 0 Å². The van der Waals surface area contributed by atoms with Crippen LogP contribution in [-0.2, 0) is 0 Å². The third kappa shape index (κ3) is 1.07. The second-order valence-electron chi connectivity index (χ2n) is 3.41. The predicted octanol–water partition coefficient (Wildman–Crippen LogP) is 2.51. The average Bonchev–Trinajstić information content (AvgIpc) is 2.13. The van der Waals surface area contributed by atoms with E-state index in [2.05, 4.69) is 45.7 Å². The van der Waals surface area contributed by atoms with Crippen LogP contribution in [0.2, 0.25) is 0 Å². The van der Waals surface area contributed by atoms with Crippen molar-refractivity contribution >= 4 is 31.9 Å². The van der Waals surface area contributed by atoms with E-state index in [4.69, 9.17) is 5.11 Å². The fourth-order valence-electron chi connectivity index (χ4n) is 1.43. The van der Waals surface area contributed by atoms with Gasteiger partial charge in [-0.15, -0.1) is 0 Å². The summed E-state index contributed by atoms with van der Waals surface area (Å²) in [4.78, 5) is 0. The van der Waals surface area contributed by atoms with Gasteiger partial charge in [-0.3, -0.25) is 0 Å². The third-order valence-electron chi connectivity index (χ3n) is 2.50. The second-order valence-corrected chi connectivity index (χ2v) is 6.98. The molecule has 1 saturated carbocycles. The summed E-state index contributed by atoms with van der Waals surface area (Å²) in [6, 6.07) is 0. The summed E-state index contributed by atoms with van der Waals surface area (Å²) in [6.07, 6.45) is 0.878. The molecule has 0 spiro atoms. The normalized spacial score (nSPS) is 33.9. The predicted molar refractivity (Wildman–Crippen MR) is 49.6 cm³/mol. The molecule has 0 heterocycles. The van der Waals surface area contributed by atoms with E-state index >= 15 is 0 Å². The highest BCUT2D eigenvalue weighted by atomic mass is 79.9. The van der Waals surface area contributed by atoms with Crippen LogP contribution in [0.15, 0.2) is 0 Å². The van der Waals surface area contributed by atoms with Gasteiger partial charge >= 0.3 is 0 Å². The molecule has 0 aromatic carbocycles. The monoisotopic (exact) mass is 270 g/mol. The summed E-state index contributed by atoms with van der Waals surface area (Å²) < 4.78 is 0.0791. The van der Waals surface area contributed by atoms with E-state index < -0.39 is 0 Å². The minimum atomic E-state index is 0.0791. The molecule has 0 aromatic heterocycles. The van der Waals surface area contributed by atoms with Gasteiger partial charge < -0.3 is 5.11 Å². The molecule has 10 heavy (non-hydrogen) atoms. The number of rotatable bonds is 2. The van der Waals surface area contributed by atoms with Crippen LogP contribution in [0.1, 0.15) is 20.3 Å². The van der Waals surface area contributed by atoms with Crippen molar-refractivity contribution in [1.29, 1.82) is 0 Å². The van der Waals surface area contributed by atoms with Crippen LogP contribution >= 0.6 is 31.9 Å². The number of aliphatic hydroxyl groups is 1. The van der Waals surface area contributed by atoms with E-state index in [9.17, 15) is 0 Å². The topological polar surface area (TPSA) is 20.2 Å². The summed E-state index contributed by atoms with van der Waals surface area (Å²) in [6.45, 7) is 4.67. The second kappa shape index (κ2) is 2.46. The molecule has 1 nitrogen and oxygen atoms in total. The number of alkyl halides is 2. The Morgan fingerprint density at radius 2 is 1.80 bits per heavy atom. The zero-order valence-corrected chi connectivity index (χ0v) is 9.37. The summed E-state index contributed by atoms with van der Waals surface area (Å²) >= 11 is 7.16. The maximum atomic E-state index is 8.70. The van der Waals surface area contributed by atoms with Gasteiger partial charge in [0.25, 0.3) is 0 Å². The molecular formula is C7H12Br2O. The zero-order chi connectivity index (χ0) is 7.99. The van der Waals surface area contributed by atoms with Crippen molar-refractivity contribution in [3.63, 3.8) is 0 Å². The first kappa shape index (κ1) is 9.01. The molecular weight excluding hydrogens is 260 g/mol. The molecule has 1 unspecified atom stereocenters. The largest absolute Gasteiger partial charge is 0.396 e. The van der Waals surface area contributed by atoms with Gasteiger partial charge in [0.1, 0.15) is 0 Å². The maximum Gasteiger partial charge on any atom is 0.0894 e. The minimum absolute atomic E-state index is 0.0791. The number of hydrogen-bond acceptors (Lipinski definition) is 1. The Labute approximate surface area is 78.5 Å². The van der Waals surface area contributed by atoms with Gasteiger partial charge in [0, 0.05) is 6.61 Å². The van der Waals surface area contributed by atoms with Crippen molar-refractivity contribution < 1.29 is 5.11 Å². The van der Waals surface area contributed by atoms with Gasteiger partial charge in [0.05, 0.1) is 3.23 Å². The van der Waals surface area contributed by atoms with Crippen LogP contribution < -0.4 is 0 Å². The molecule has 1 atom stereocenters.